The molecule has 0 spiro atoms. The van der Waals surface area contributed by atoms with E-state index < -0.39 is 0 Å². The van der Waals surface area contributed by atoms with Gasteiger partial charge in [0.15, 0.2) is 0 Å². The van der Waals surface area contributed by atoms with E-state index in [1.807, 2.05) is 24.3 Å². The molecule has 0 aliphatic carbocycles. The van der Waals surface area contributed by atoms with Crippen LogP contribution in [0.5, 0.6) is 0 Å². The minimum atomic E-state index is 0.931. The van der Waals surface area contributed by atoms with E-state index in [-0.39, 0.29) is 0 Å². The molecule has 0 aromatic heterocycles. The number of benzene rings is 1. The first-order valence-corrected chi connectivity index (χ1v) is 4.83. The standard InChI is InChI=1S/C9H12O3S/c1-2-5-8-6-3-4-7-9(8)13-12-11-10/h3-4,6-7,10H,2,5H2,1H3/p-1. The van der Waals surface area contributed by atoms with Crippen molar-refractivity contribution in [3.63, 3.8) is 0 Å². The molecule has 13 heavy (non-hydrogen) atoms. The lowest BCUT2D eigenvalue weighted by Gasteiger charge is -2.07. The fourth-order valence-corrected chi connectivity index (χ4v) is 1.62. The van der Waals surface area contributed by atoms with Gasteiger partial charge in [0.2, 0.25) is 0 Å². The monoisotopic (exact) mass is 199 g/mol. The van der Waals surface area contributed by atoms with Crippen LogP contribution in [-0.2, 0) is 15.8 Å². The lowest BCUT2D eigenvalue weighted by molar-refractivity contribution is -0.777. The van der Waals surface area contributed by atoms with Crippen molar-refractivity contribution < 1.29 is 14.6 Å². The Hall–Kier alpha value is -0.550. The minimum absolute atomic E-state index is 0.931. The smallest absolute Gasteiger partial charge is 0.0677 e. The molecule has 0 atom stereocenters. The van der Waals surface area contributed by atoms with Crippen molar-refractivity contribution >= 4 is 12.0 Å². The lowest BCUT2D eigenvalue weighted by Crippen LogP contribution is -2.01. The Labute approximate surface area is 81.7 Å². The van der Waals surface area contributed by atoms with Gasteiger partial charge in [-0.2, -0.15) is 4.33 Å². The first-order chi connectivity index (χ1) is 6.38. The van der Waals surface area contributed by atoms with Crippen LogP contribution in [0, 0.1) is 0 Å². The highest BCUT2D eigenvalue weighted by Gasteiger charge is 2.01. The van der Waals surface area contributed by atoms with Gasteiger partial charge in [-0.3, -0.25) is 5.04 Å². The predicted octanol–water partition coefficient (Wildman–Crippen LogP) is 1.87. The van der Waals surface area contributed by atoms with E-state index in [1.54, 1.807) is 0 Å². The largest absolute Gasteiger partial charge is 0.691 e. The summed E-state index contributed by atoms with van der Waals surface area (Å²) in [6.45, 7) is 2.10. The summed E-state index contributed by atoms with van der Waals surface area (Å²) in [5.41, 5.74) is 1.17. The Morgan fingerprint density at radius 3 is 2.85 bits per heavy atom. The molecule has 4 heteroatoms. The topological polar surface area (TPSA) is 41.5 Å². The van der Waals surface area contributed by atoms with Crippen LogP contribution in [-0.4, -0.2) is 0 Å². The third kappa shape index (κ3) is 3.36. The van der Waals surface area contributed by atoms with Gasteiger partial charge in [0.25, 0.3) is 0 Å². The van der Waals surface area contributed by atoms with Crippen molar-refractivity contribution in [1.82, 2.24) is 0 Å². The minimum Gasteiger partial charge on any atom is -0.691 e. The molecule has 3 nitrogen and oxygen atoms in total. The van der Waals surface area contributed by atoms with Crippen LogP contribution in [0.1, 0.15) is 18.9 Å². The summed E-state index contributed by atoms with van der Waals surface area (Å²) in [5, 5.41) is 12.9. The summed E-state index contributed by atoms with van der Waals surface area (Å²) >= 11 is 0.952. The molecule has 0 aliphatic rings. The van der Waals surface area contributed by atoms with Crippen LogP contribution in [0.4, 0.5) is 0 Å². The second-order valence-electron chi connectivity index (χ2n) is 2.58. The predicted molar refractivity (Wildman–Crippen MR) is 48.5 cm³/mol. The van der Waals surface area contributed by atoms with Gasteiger partial charge in [0.05, 0.1) is 12.0 Å². The van der Waals surface area contributed by atoms with Gasteiger partial charge in [0, 0.05) is 4.90 Å². The molecule has 0 radical (unpaired) electrons. The van der Waals surface area contributed by atoms with E-state index in [2.05, 4.69) is 16.3 Å². The summed E-state index contributed by atoms with van der Waals surface area (Å²) in [5.74, 6) is 0. The summed E-state index contributed by atoms with van der Waals surface area (Å²) < 4.78 is 4.27. The Balaban J connectivity index is 2.66. The van der Waals surface area contributed by atoms with Gasteiger partial charge >= 0.3 is 0 Å². The first kappa shape index (κ1) is 10.5. The summed E-state index contributed by atoms with van der Waals surface area (Å²) in [6.07, 6.45) is 2.04. The molecule has 0 N–H and O–H groups in total. The molecular formula is C9H11O3S-. The highest BCUT2D eigenvalue weighted by Crippen LogP contribution is 2.23. The van der Waals surface area contributed by atoms with Gasteiger partial charge in [-0.15, -0.1) is 0 Å². The van der Waals surface area contributed by atoms with E-state index in [0.29, 0.717) is 0 Å². The van der Waals surface area contributed by atoms with E-state index in [1.165, 1.54) is 5.56 Å². The zero-order chi connectivity index (χ0) is 9.52. The van der Waals surface area contributed by atoms with Crippen LogP contribution in [0.3, 0.4) is 0 Å². The van der Waals surface area contributed by atoms with Gasteiger partial charge in [0.1, 0.15) is 0 Å². The van der Waals surface area contributed by atoms with Crippen molar-refractivity contribution in [1.29, 1.82) is 0 Å². The second kappa shape index (κ2) is 5.99. The molecule has 0 unspecified atom stereocenters. The van der Waals surface area contributed by atoms with Crippen molar-refractivity contribution in [3.05, 3.63) is 29.8 Å². The van der Waals surface area contributed by atoms with E-state index >= 15 is 0 Å². The van der Waals surface area contributed by atoms with Gasteiger partial charge in [-0.05, 0) is 18.1 Å². The number of hydrogen-bond donors (Lipinski definition) is 0. The van der Waals surface area contributed by atoms with Crippen LogP contribution in [0.25, 0.3) is 0 Å². The normalized spacial score (nSPS) is 10.3. The first-order valence-electron chi connectivity index (χ1n) is 4.09. The zero-order valence-electron chi connectivity index (χ0n) is 7.36. The molecule has 1 rings (SSSR count). The molecule has 0 amide bonds. The van der Waals surface area contributed by atoms with Crippen molar-refractivity contribution in [3.8, 4) is 0 Å². The molecule has 0 bridgehead atoms. The maximum absolute atomic E-state index is 9.63. The Kier molecular flexibility index (Phi) is 4.85. The SMILES string of the molecule is CCCc1ccccc1SOO[O-]. The average Bonchev–Trinajstić information content (AvgIpc) is 2.17. The fraction of sp³-hybridized carbons (Fsp3) is 0.333. The summed E-state index contributed by atoms with van der Waals surface area (Å²) in [6, 6.07) is 7.78. The molecule has 1 aromatic rings. The number of hydrogen-bond acceptors (Lipinski definition) is 4. The highest BCUT2D eigenvalue weighted by molar-refractivity contribution is 7.94. The van der Waals surface area contributed by atoms with Crippen molar-refractivity contribution in [2.45, 2.75) is 24.7 Å². The maximum Gasteiger partial charge on any atom is 0.0677 e. The Morgan fingerprint density at radius 1 is 1.38 bits per heavy atom. The van der Waals surface area contributed by atoms with E-state index in [9.17, 15) is 5.26 Å². The average molecular weight is 199 g/mol. The maximum atomic E-state index is 9.63. The van der Waals surface area contributed by atoms with E-state index in [4.69, 9.17) is 0 Å². The van der Waals surface area contributed by atoms with E-state index in [0.717, 1.165) is 29.8 Å². The third-order valence-corrected chi connectivity index (χ3v) is 2.34. The lowest BCUT2D eigenvalue weighted by atomic mass is 10.1. The van der Waals surface area contributed by atoms with Crippen molar-refractivity contribution in [2.24, 2.45) is 0 Å². The molecule has 0 heterocycles. The molecular weight excluding hydrogens is 188 g/mol. The van der Waals surface area contributed by atoms with Crippen LogP contribution in [0.2, 0.25) is 0 Å². The second-order valence-corrected chi connectivity index (χ2v) is 3.32. The van der Waals surface area contributed by atoms with Crippen molar-refractivity contribution in [2.75, 3.05) is 0 Å². The molecule has 1 aromatic carbocycles. The third-order valence-electron chi connectivity index (χ3n) is 1.64. The molecule has 0 saturated carbocycles. The Morgan fingerprint density at radius 2 is 2.15 bits per heavy atom. The van der Waals surface area contributed by atoms with Gasteiger partial charge < -0.3 is 5.26 Å². The molecule has 0 aliphatic heterocycles. The quantitative estimate of drug-likeness (QED) is 0.412. The van der Waals surface area contributed by atoms with Crippen LogP contribution < -0.4 is 5.26 Å². The summed E-state index contributed by atoms with van der Waals surface area (Å²) in [4.78, 5) is 0.931. The fourth-order valence-electron chi connectivity index (χ4n) is 1.11. The number of rotatable bonds is 5. The van der Waals surface area contributed by atoms with Gasteiger partial charge in [-0.1, -0.05) is 31.5 Å². The molecule has 0 saturated heterocycles. The zero-order valence-corrected chi connectivity index (χ0v) is 8.17. The van der Waals surface area contributed by atoms with Gasteiger partial charge in [-0.25, -0.2) is 0 Å². The Bertz CT molecular complexity index is 252. The molecule has 72 valence electrons. The molecule has 0 fully saturated rings. The highest BCUT2D eigenvalue weighted by atomic mass is 32.2. The summed E-state index contributed by atoms with van der Waals surface area (Å²) in [7, 11) is 0. The van der Waals surface area contributed by atoms with Crippen LogP contribution >= 0.6 is 12.0 Å². The number of aryl methyl sites for hydroxylation is 1. The van der Waals surface area contributed by atoms with Crippen LogP contribution in [0.15, 0.2) is 29.2 Å².